The molecule has 2 nitrogen and oxygen atoms in total. The maximum Gasteiger partial charge on any atom is 0.246 e. The zero-order chi connectivity index (χ0) is 23.6. The van der Waals surface area contributed by atoms with E-state index in [9.17, 15) is 4.79 Å². The Labute approximate surface area is 196 Å². The number of hydrogen-bond acceptors (Lipinski definition) is 1. The van der Waals surface area contributed by atoms with Crippen LogP contribution in [0.4, 0.5) is 0 Å². The van der Waals surface area contributed by atoms with E-state index < -0.39 is 0 Å². The van der Waals surface area contributed by atoms with Crippen molar-refractivity contribution in [3.63, 3.8) is 0 Å². The van der Waals surface area contributed by atoms with Crippen LogP contribution in [0.25, 0.3) is 0 Å². The van der Waals surface area contributed by atoms with E-state index in [2.05, 4.69) is 53.0 Å². The molecular formula is C29H57NO. The second kappa shape index (κ2) is 17.7. The molecular weight excluding hydrogens is 378 g/mol. The Morgan fingerprint density at radius 3 is 1.35 bits per heavy atom. The molecule has 0 atom stereocenters. The lowest BCUT2D eigenvalue weighted by molar-refractivity contribution is -0.132. The molecule has 184 valence electrons. The molecule has 31 heavy (non-hydrogen) atoms. The lowest BCUT2D eigenvalue weighted by atomic mass is 9.80. The molecule has 0 aliphatic carbocycles. The minimum Gasteiger partial charge on any atom is -0.334 e. The number of nitrogens with zero attached hydrogens (tertiary/aromatic N) is 1. The fourth-order valence-corrected chi connectivity index (χ4v) is 5.03. The molecule has 0 N–H and O–H groups in total. The van der Waals surface area contributed by atoms with Crippen LogP contribution in [-0.2, 0) is 4.79 Å². The van der Waals surface area contributed by atoms with Gasteiger partial charge in [-0.05, 0) is 38.2 Å². The van der Waals surface area contributed by atoms with Crippen molar-refractivity contribution in [3.05, 3.63) is 12.7 Å². The second-order valence-electron chi connectivity index (χ2n) is 11.5. The third-order valence-corrected chi connectivity index (χ3v) is 6.37. The summed E-state index contributed by atoms with van der Waals surface area (Å²) in [6, 6.07) is 0. The van der Waals surface area contributed by atoms with Crippen LogP contribution >= 0.6 is 0 Å². The standard InChI is InChI=1S/C29H57NO/c1-8-10-11-12-13-14-15-16-17-18-19-20-21-22-23-24-25-30(27(31)9-2)29(6,7)26-28(3,4)5/h9H,2,8,10-26H2,1,3-7H3. The molecule has 0 rings (SSSR count). The molecule has 0 radical (unpaired) electrons. The van der Waals surface area contributed by atoms with E-state index in [0.717, 1.165) is 19.4 Å². The number of amides is 1. The van der Waals surface area contributed by atoms with Crippen molar-refractivity contribution in [2.75, 3.05) is 6.54 Å². The van der Waals surface area contributed by atoms with Crippen molar-refractivity contribution in [2.45, 2.75) is 156 Å². The van der Waals surface area contributed by atoms with Crippen molar-refractivity contribution in [1.29, 1.82) is 0 Å². The maximum atomic E-state index is 12.4. The van der Waals surface area contributed by atoms with Gasteiger partial charge in [-0.15, -0.1) is 0 Å². The van der Waals surface area contributed by atoms with E-state index in [-0.39, 0.29) is 16.9 Å². The van der Waals surface area contributed by atoms with Crippen LogP contribution in [0.3, 0.4) is 0 Å². The van der Waals surface area contributed by atoms with Gasteiger partial charge in [0.05, 0.1) is 0 Å². The molecule has 0 spiro atoms. The van der Waals surface area contributed by atoms with Gasteiger partial charge in [0.15, 0.2) is 0 Å². The zero-order valence-electron chi connectivity index (χ0n) is 22.4. The second-order valence-corrected chi connectivity index (χ2v) is 11.5. The van der Waals surface area contributed by atoms with E-state index in [1.807, 2.05) is 0 Å². The molecule has 0 aromatic rings. The van der Waals surface area contributed by atoms with E-state index in [1.165, 1.54) is 102 Å². The normalized spacial score (nSPS) is 12.2. The Hall–Kier alpha value is -0.790. The number of rotatable bonds is 20. The molecule has 0 bridgehead atoms. The fourth-order valence-electron chi connectivity index (χ4n) is 5.03. The maximum absolute atomic E-state index is 12.4. The minimum absolute atomic E-state index is 0.0789. The SMILES string of the molecule is C=CC(=O)N(CCCCCCCCCCCCCCCCCC)C(C)(C)CC(C)(C)C. The van der Waals surface area contributed by atoms with Gasteiger partial charge in [0.2, 0.25) is 5.91 Å². The summed E-state index contributed by atoms with van der Waals surface area (Å²) in [6.07, 6.45) is 24.5. The molecule has 2 heteroatoms. The van der Waals surface area contributed by atoms with Crippen LogP contribution < -0.4 is 0 Å². The summed E-state index contributed by atoms with van der Waals surface area (Å²) >= 11 is 0. The smallest absolute Gasteiger partial charge is 0.246 e. The Morgan fingerprint density at radius 1 is 0.677 bits per heavy atom. The summed E-state index contributed by atoms with van der Waals surface area (Å²) in [4.78, 5) is 14.5. The average Bonchev–Trinajstić information content (AvgIpc) is 2.67. The largest absolute Gasteiger partial charge is 0.334 e. The predicted molar refractivity (Wildman–Crippen MR) is 140 cm³/mol. The summed E-state index contributed by atoms with van der Waals surface area (Å²) in [7, 11) is 0. The zero-order valence-corrected chi connectivity index (χ0v) is 22.4. The van der Waals surface area contributed by atoms with Crippen molar-refractivity contribution >= 4 is 5.91 Å². The van der Waals surface area contributed by atoms with Crippen LogP contribution in [0.15, 0.2) is 12.7 Å². The van der Waals surface area contributed by atoms with E-state index in [1.54, 1.807) is 0 Å². The summed E-state index contributed by atoms with van der Waals surface area (Å²) in [6.45, 7) is 18.0. The number of unbranched alkanes of at least 4 members (excludes halogenated alkanes) is 15. The van der Waals surface area contributed by atoms with Crippen molar-refractivity contribution < 1.29 is 4.79 Å². The summed E-state index contributed by atoms with van der Waals surface area (Å²) in [5.74, 6) is 0.0789. The molecule has 0 saturated heterocycles. The topological polar surface area (TPSA) is 20.3 Å². The van der Waals surface area contributed by atoms with Crippen LogP contribution in [-0.4, -0.2) is 22.9 Å². The molecule has 0 fully saturated rings. The Bertz CT molecular complexity index is 446. The number of carbonyl (C=O) groups excluding carboxylic acids is 1. The average molecular weight is 436 g/mol. The van der Waals surface area contributed by atoms with Gasteiger partial charge >= 0.3 is 0 Å². The molecule has 0 heterocycles. The minimum atomic E-state index is -0.126. The van der Waals surface area contributed by atoms with E-state index >= 15 is 0 Å². The molecule has 0 aromatic carbocycles. The highest BCUT2D eigenvalue weighted by molar-refractivity contribution is 5.87. The van der Waals surface area contributed by atoms with Crippen LogP contribution in [0.1, 0.15) is 151 Å². The Balaban J connectivity index is 3.76. The van der Waals surface area contributed by atoms with Gasteiger partial charge in [-0.1, -0.05) is 131 Å². The lowest BCUT2D eigenvalue weighted by Gasteiger charge is -2.42. The molecule has 0 aliphatic heterocycles. The van der Waals surface area contributed by atoms with Gasteiger partial charge in [0.25, 0.3) is 0 Å². The first-order valence-electron chi connectivity index (χ1n) is 13.6. The van der Waals surface area contributed by atoms with Crippen LogP contribution in [0.2, 0.25) is 0 Å². The van der Waals surface area contributed by atoms with Gasteiger partial charge in [0, 0.05) is 12.1 Å². The molecule has 0 unspecified atom stereocenters. The van der Waals surface area contributed by atoms with Crippen LogP contribution in [0.5, 0.6) is 0 Å². The van der Waals surface area contributed by atoms with Gasteiger partial charge < -0.3 is 4.90 Å². The first-order valence-corrected chi connectivity index (χ1v) is 13.6. The first-order chi connectivity index (χ1) is 14.6. The number of hydrogen-bond donors (Lipinski definition) is 0. The Kier molecular flexibility index (Phi) is 17.3. The third kappa shape index (κ3) is 17.4. The van der Waals surface area contributed by atoms with Gasteiger partial charge in [0.1, 0.15) is 0 Å². The molecule has 0 saturated carbocycles. The monoisotopic (exact) mass is 435 g/mol. The summed E-state index contributed by atoms with van der Waals surface area (Å²) in [5, 5.41) is 0. The third-order valence-electron chi connectivity index (χ3n) is 6.37. The van der Waals surface area contributed by atoms with Crippen molar-refractivity contribution in [3.8, 4) is 0 Å². The quantitative estimate of drug-likeness (QED) is 0.138. The number of carbonyl (C=O) groups is 1. The molecule has 0 aromatic heterocycles. The Morgan fingerprint density at radius 2 is 1.03 bits per heavy atom. The predicted octanol–water partition coefficient (Wildman–Crippen LogP) is 9.48. The fraction of sp³-hybridized carbons (Fsp3) is 0.897. The summed E-state index contributed by atoms with van der Waals surface area (Å²) < 4.78 is 0. The van der Waals surface area contributed by atoms with Crippen molar-refractivity contribution in [2.24, 2.45) is 5.41 Å². The van der Waals surface area contributed by atoms with Gasteiger partial charge in [-0.25, -0.2) is 0 Å². The van der Waals surface area contributed by atoms with E-state index in [0.29, 0.717) is 0 Å². The van der Waals surface area contributed by atoms with E-state index in [4.69, 9.17) is 0 Å². The first kappa shape index (κ1) is 30.2. The highest BCUT2D eigenvalue weighted by Gasteiger charge is 2.33. The summed E-state index contributed by atoms with van der Waals surface area (Å²) in [5.41, 5.74) is 0.0802. The highest BCUT2D eigenvalue weighted by Crippen LogP contribution is 2.31. The van der Waals surface area contributed by atoms with Gasteiger partial charge in [-0.2, -0.15) is 0 Å². The van der Waals surface area contributed by atoms with Crippen LogP contribution in [0, 0.1) is 5.41 Å². The van der Waals surface area contributed by atoms with Gasteiger partial charge in [-0.3, -0.25) is 4.79 Å². The lowest BCUT2D eigenvalue weighted by Crippen LogP contribution is -2.49. The van der Waals surface area contributed by atoms with Crippen molar-refractivity contribution in [1.82, 2.24) is 4.90 Å². The highest BCUT2D eigenvalue weighted by atomic mass is 16.2. The molecule has 0 aliphatic rings. The molecule has 1 amide bonds.